The van der Waals surface area contributed by atoms with Gasteiger partial charge >= 0.3 is 6.18 Å². The van der Waals surface area contributed by atoms with Crippen molar-refractivity contribution < 1.29 is 18.0 Å². The van der Waals surface area contributed by atoms with Crippen molar-refractivity contribution in [3.05, 3.63) is 53.3 Å². The maximum absolute atomic E-state index is 12.6. The highest BCUT2D eigenvalue weighted by atomic mass is 19.4. The fraction of sp³-hybridized carbons (Fsp3) is 0.286. The minimum Gasteiger partial charge on any atom is -0.347 e. The number of nitrogens with zero attached hydrogens (tertiary/aromatic N) is 2. The third-order valence-electron chi connectivity index (χ3n) is 2.96. The first-order valence-corrected chi connectivity index (χ1v) is 6.38. The summed E-state index contributed by atoms with van der Waals surface area (Å²) >= 11 is 0. The molecule has 1 aromatic heterocycles. The lowest BCUT2D eigenvalue weighted by Gasteiger charge is -2.10. The zero-order valence-electron chi connectivity index (χ0n) is 11.3. The molecule has 0 radical (unpaired) electrons. The number of alkyl halides is 3. The maximum atomic E-state index is 12.6. The Balaban J connectivity index is 2.05. The van der Waals surface area contributed by atoms with Crippen LogP contribution >= 0.6 is 0 Å². The second-order valence-corrected chi connectivity index (χ2v) is 4.41. The molecule has 0 aliphatic rings. The number of halogens is 3. The van der Waals surface area contributed by atoms with Crippen molar-refractivity contribution in [1.29, 1.82) is 0 Å². The van der Waals surface area contributed by atoms with Crippen LogP contribution in [-0.2, 0) is 19.3 Å². The highest BCUT2D eigenvalue weighted by Gasteiger charge is 2.30. The van der Waals surface area contributed by atoms with Gasteiger partial charge in [0, 0.05) is 19.3 Å². The van der Waals surface area contributed by atoms with Gasteiger partial charge in [0.25, 0.3) is 5.91 Å². The van der Waals surface area contributed by atoms with Crippen LogP contribution in [0.2, 0.25) is 0 Å². The van der Waals surface area contributed by atoms with Gasteiger partial charge in [-0.1, -0.05) is 12.1 Å². The SMILES string of the molecule is CCn1nccc1C(=O)NCc1cccc(C(F)(F)F)c1. The minimum atomic E-state index is -4.39. The van der Waals surface area contributed by atoms with Gasteiger partial charge < -0.3 is 5.32 Å². The van der Waals surface area contributed by atoms with Crippen LogP contribution in [-0.4, -0.2) is 15.7 Å². The minimum absolute atomic E-state index is 0.0254. The Morgan fingerprint density at radius 1 is 1.33 bits per heavy atom. The fourth-order valence-corrected chi connectivity index (χ4v) is 1.91. The zero-order valence-corrected chi connectivity index (χ0v) is 11.3. The number of rotatable bonds is 4. The van der Waals surface area contributed by atoms with Crippen LogP contribution in [0.4, 0.5) is 13.2 Å². The van der Waals surface area contributed by atoms with E-state index in [1.807, 2.05) is 6.92 Å². The number of carbonyl (C=O) groups excluding carboxylic acids is 1. The Bertz CT molecular complexity index is 634. The van der Waals surface area contributed by atoms with Crippen LogP contribution in [0, 0.1) is 0 Å². The molecule has 0 saturated carbocycles. The normalized spacial score (nSPS) is 11.4. The van der Waals surface area contributed by atoms with E-state index >= 15 is 0 Å². The van der Waals surface area contributed by atoms with Crippen molar-refractivity contribution in [2.75, 3.05) is 0 Å². The van der Waals surface area contributed by atoms with Gasteiger partial charge in [-0.3, -0.25) is 9.48 Å². The summed E-state index contributed by atoms with van der Waals surface area (Å²) in [5.74, 6) is -0.369. The van der Waals surface area contributed by atoms with E-state index in [1.165, 1.54) is 23.0 Å². The highest BCUT2D eigenvalue weighted by molar-refractivity contribution is 5.92. The van der Waals surface area contributed by atoms with Crippen molar-refractivity contribution in [2.45, 2.75) is 26.2 Å². The molecule has 1 amide bonds. The summed E-state index contributed by atoms with van der Waals surface area (Å²) in [7, 11) is 0. The maximum Gasteiger partial charge on any atom is 0.416 e. The molecule has 7 heteroatoms. The molecule has 0 fully saturated rings. The molecule has 0 bridgehead atoms. The largest absolute Gasteiger partial charge is 0.416 e. The molecular weight excluding hydrogens is 283 g/mol. The summed E-state index contributed by atoms with van der Waals surface area (Å²) in [5, 5.41) is 6.55. The van der Waals surface area contributed by atoms with Gasteiger partial charge in [-0.25, -0.2) is 0 Å². The molecule has 0 atom stereocenters. The third kappa shape index (κ3) is 3.62. The summed E-state index contributed by atoms with van der Waals surface area (Å²) in [6.45, 7) is 2.41. The van der Waals surface area contributed by atoms with Crippen LogP contribution in [0.15, 0.2) is 36.5 Å². The average Bonchev–Trinajstić information content (AvgIpc) is 2.92. The standard InChI is InChI=1S/C14H14F3N3O/c1-2-20-12(6-7-19-20)13(21)18-9-10-4-3-5-11(8-10)14(15,16)17/h3-8H,2,9H2,1H3,(H,18,21). The van der Waals surface area contributed by atoms with Gasteiger partial charge in [-0.2, -0.15) is 18.3 Å². The molecular formula is C14H14F3N3O. The van der Waals surface area contributed by atoms with Gasteiger partial charge in [-0.05, 0) is 30.7 Å². The monoisotopic (exact) mass is 297 g/mol. The molecule has 4 nitrogen and oxygen atoms in total. The fourth-order valence-electron chi connectivity index (χ4n) is 1.91. The topological polar surface area (TPSA) is 46.9 Å². The number of hydrogen-bond donors (Lipinski definition) is 1. The van der Waals surface area contributed by atoms with Gasteiger partial charge in [0.2, 0.25) is 0 Å². The Morgan fingerprint density at radius 2 is 2.10 bits per heavy atom. The molecule has 0 saturated heterocycles. The molecule has 2 aromatic rings. The summed E-state index contributed by atoms with van der Waals surface area (Å²) in [4.78, 5) is 11.9. The van der Waals surface area contributed by atoms with E-state index in [0.29, 0.717) is 17.8 Å². The Morgan fingerprint density at radius 3 is 2.76 bits per heavy atom. The van der Waals surface area contributed by atoms with Crippen LogP contribution in [0.5, 0.6) is 0 Å². The zero-order chi connectivity index (χ0) is 15.5. The molecule has 0 aliphatic heterocycles. The van der Waals surface area contributed by atoms with Crippen LogP contribution in [0.3, 0.4) is 0 Å². The second kappa shape index (κ2) is 5.99. The number of hydrogen-bond acceptors (Lipinski definition) is 2. The summed E-state index contributed by atoms with van der Waals surface area (Å²) in [6.07, 6.45) is -2.89. The molecule has 112 valence electrons. The van der Waals surface area contributed by atoms with E-state index in [0.717, 1.165) is 12.1 Å². The predicted octanol–water partition coefficient (Wildman–Crippen LogP) is 2.85. The smallest absolute Gasteiger partial charge is 0.347 e. The Kier molecular flexibility index (Phi) is 4.30. The van der Waals surface area contributed by atoms with E-state index in [9.17, 15) is 18.0 Å². The number of benzene rings is 1. The molecule has 0 aliphatic carbocycles. The van der Waals surface area contributed by atoms with E-state index in [4.69, 9.17) is 0 Å². The van der Waals surface area contributed by atoms with E-state index in [1.54, 1.807) is 6.07 Å². The van der Waals surface area contributed by atoms with Gasteiger partial charge in [-0.15, -0.1) is 0 Å². The van der Waals surface area contributed by atoms with Crippen LogP contribution < -0.4 is 5.32 Å². The summed E-state index contributed by atoms with van der Waals surface area (Å²) in [6, 6.07) is 6.44. The van der Waals surface area contributed by atoms with Crippen molar-refractivity contribution in [3.63, 3.8) is 0 Å². The van der Waals surface area contributed by atoms with E-state index in [2.05, 4.69) is 10.4 Å². The predicted molar refractivity (Wildman–Crippen MR) is 70.5 cm³/mol. The number of nitrogens with one attached hydrogen (secondary N) is 1. The van der Waals surface area contributed by atoms with Crippen molar-refractivity contribution in [3.8, 4) is 0 Å². The van der Waals surface area contributed by atoms with E-state index in [-0.39, 0.29) is 12.5 Å². The third-order valence-corrected chi connectivity index (χ3v) is 2.96. The first kappa shape index (κ1) is 15.1. The Labute approximate surface area is 119 Å². The van der Waals surface area contributed by atoms with Crippen LogP contribution in [0.1, 0.15) is 28.5 Å². The Hall–Kier alpha value is -2.31. The first-order valence-electron chi connectivity index (χ1n) is 6.38. The molecule has 0 spiro atoms. The molecule has 0 unspecified atom stereocenters. The highest BCUT2D eigenvalue weighted by Crippen LogP contribution is 2.29. The number of amides is 1. The molecule has 1 aromatic carbocycles. The first-order chi connectivity index (χ1) is 9.91. The van der Waals surface area contributed by atoms with E-state index < -0.39 is 11.7 Å². The summed E-state index contributed by atoms with van der Waals surface area (Å²) in [5.41, 5.74) is 0.0399. The molecule has 1 N–H and O–H groups in total. The molecule has 2 rings (SSSR count). The van der Waals surface area contributed by atoms with Gasteiger partial charge in [0.1, 0.15) is 5.69 Å². The van der Waals surface area contributed by atoms with Gasteiger partial charge in [0.05, 0.1) is 5.56 Å². The summed E-state index contributed by atoms with van der Waals surface area (Å²) < 4.78 is 39.3. The lowest BCUT2D eigenvalue weighted by Crippen LogP contribution is -2.25. The van der Waals surface area contributed by atoms with Crippen molar-refractivity contribution >= 4 is 5.91 Å². The molecule has 1 heterocycles. The quantitative estimate of drug-likeness (QED) is 0.943. The second-order valence-electron chi connectivity index (χ2n) is 4.41. The van der Waals surface area contributed by atoms with Crippen molar-refractivity contribution in [1.82, 2.24) is 15.1 Å². The number of aromatic nitrogens is 2. The van der Waals surface area contributed by atoms with Gasteiger partial charge in [0.15, 0.2) is 0 Å². The lowest BCUT2D eigenvalue weighted by molar-refractivity contribution is -0.137. The lowest BCUT2D eigenvalue weighted by atomic mass is 10.1. The number of carbonyl (C=O) groups is 1. The van der Waals surface area contributed by atoms with Crippen LogP contribution in [0.25, 0.3) is 0 Å². The van der Waals surface area contributed by atoms with Crippen molar-refractivity contribution in [2.24, 2.45) is 0 Å². The average molecular weight is 297 g/mol. The number of aryl methyl sites for hydroxylation is 1. The molecule has 21 heavy (non-hydrogen) atoms.